The van der Waals surface area contributed by atoms with Gasteiger partial charge in [0.2, 0.25) is 0 Å². The van der Waals surface area contributed by atoms with Crippen LogP contribution < -0.4 is 4.90 Å². The van der Waals surface area contributed by atoms with Crippen molar-refractivity contribution in [1.82, 2.24) is 0 Å². The first-order valence-corrected chi connectivity index (χ1v) is 8.96. The second kappa shape index (κ2) is 6.61. The average molecular weight is 343 g/mol. The highest BCUT2D eigenvalue weighted by molar-refractivity contribution is 7.99. The summed E-state index contributed by atoms with van der Waals surface area (Å²) >= 11 is 1.77. The lowest BCUT2D eigenvalue weighted by Crippen LogP contribution is -2.14. The Kier molecular flexibility index (Phi) is 4.16. The summed E-state index contributed by atoms with van der Waals surface area (Å²) in [6.07, 6.45) is 3.53. The Labute approximate surface area is 151 Å². The molecular formula is C22H17NOS. The minimum absolute atomic E-state index is 0.0217. The largest absolute Gasteiger partial charge is 0.343 e. The number of allylic oxidation sites excluding steroid dienone is 1. The molecule has 0 bridgehead atoms. The lowest BCUT2D eigenvalue weighted by atomic mass is 10.1. The molecule has 0 spiro atoms. The molecule has 3 aromatic rings. The van der Waals surface area contributed by atoms with Crippen molar-refractivity contribution in [1.29, 1.82) is 0 Å². The van der Waals surface area contributed by atoms with E-state index < -0.39 is 0 Å². The zero-order valence-electron chi connectivity index (χ0n) is 13.8. The van der Waals surface area contributed by atoms with Crippen LogP contribution in [-0.4, -0.2) is 12.8 Å². The highest BCUT2D eigenvalue weighted by Gasteiger charge is 2.20. The molecule has 0 saturated heterocycles. The molecule has 0 saturated carbocycles. The molecule has 1 aliphatic rings. The van der Waals surface area contributed by atoms with Gasteiger partial charge in [0.05, 0.1) is 11.4 Å². The second-order valence-corrected chi connectivity index (χ2v) is 7.00. The molecule has 0 aliphatic carbocycles. The maximum absolute atomic E-state index is 12.2. The number of rotatable bonds is 3. The molecule has 0 fully saturated rings. The van der Waals surface area contributed by atoms with Gasteiger partial charge in [-0.15, -0.1) is 0 Å². The van der Waals surface area contributed by atoms with Crippen LogP contribution in [0.15, 0.2) is 88.7 Å². The molecule has 3 aromatic carbocycles. The number of carbonyl (C=O) groups is 1. The van der Waals surface area contributed by atoms with Gasteiger partial charge in [-0.25, -0.2) is 0 Å². The SMILES string of the molecule is CN1c2ccccc2Sc2cc(C=CC(=O)c3ccccc3)ccc21. The van der Waals surface area contributed by atoms with Crippen molar-refractivity contribution in [2.45, 2.75) is 9.79 Å². The van der Waals surface area contributed by atoms with Gasteiger partial charge in [-0.05, 0) is 35.9 Å². The van der Waals surface area contributed by atoms with E-state index in [0.29, 0.717) is 5.56 Å². The summed E-state index contributed by atoms with van der Waals surface area (Å²) < 4.78 is 0. The number of fused-ring (bicyclic) bond motifs is 2. The third-order valence-corrected chi connectivity index (χ3v) is 5.39. The van der Waals surface area contributed by atoms with E-state index in [1.165, 1.54) is 21.2 Å². The first-order valence-electron chi connectivity index (χ1n) is 8.14. The Morgan fingerprint density at radius 2 is 1.60 bits per heavy atom. The lowest BCUT2D eigenvalue weighted by Gasteiger charge is -2.29. The van der Waals surface area contributed by atoms with Crippen molar-refractivity contribution >= 4 is 35.0 Å². The summed E-state index contributed by atoms with van der Waals surface area (Å²) in [6, 6.07) is 24.1. The van der Waals surface area contributed by atoms with Crippen LogP contribution in [0.1, 0.15) is 15.9 Å². The molecule has 0 atom stereocenters. The first kappa shape index (κ1) is 15.7. The highest BCUT2D eigenvalue weighted by Crippen LogP contribution is 2.47. The fourth-order valence-electron chi connectivity index (χ4n) is 2.93. The standard InChI is InChI=1S/C22H17NOS/c1-23-18-9-5-6-10-21(18)25-22-15-16(11-13-19(22)23)12-14-20(24)17-7-3-2-4-8-17/h2-15H,1H3. The molecular weight excluding hydrogens is 326 g/mol. The molecule has 0 unspecified atom stereocenters. The summed E-state index contributed by atoms with van der Waals surface area (Å²) in [5.74, 6) is 0.0217. The van der Waals surface area contributed by atoms with E-state index in [0.717, 1.165) is 5.56 Å². The predicted octanol–water partition coefficient (Wildman–Crippen LogP) is 5.82. The van der Waals surface area contributed by atoms with Crippen molar-refractivity contribution in [3.8, 4) is 0 Å². The van der Waals surface area contributed by atoms with Gasteiger partial charge in [-0.2, -0.15) is 0 Å². The maximum atomic E-state index is 12.2. The highest BCUT2D eigenvalue weighted by atomic mass is 32.2. The van der Waals surface area contributed by atoms with Crippen molar-refractivity contribution < 1.29 is 4.79 Å². The van der Waals surface area contributed by atoms with Crippen LogP contribution in [0.3, 0.4) is 0 Å². The zero-order valence-corrected chi connectivity index (χ0v) is 14.7. The van der Waals surface area contributed by atoms with Gasteiger partial charge in [0.15, 0.2) is 5.78 Å². The van der Waals surface area contributed by atoms with Crippen LogP contribution >= 0.6 is 11.8 Å². The molecule has 25 heavy (non-hydrogen) atoms. The Hall–Kier alpha value is -2.78. The molecule has 1 aliphatic heterocycles. The first-order chi connectivity index (χ1) is 12.2. The maximum Gasteiger partial charge on any atom is 0.185 e. The number of carbonyl (C=O) groups excluding carboxylic acids is 1. The number of hydrogen-bond donors (Lipinski definition) is 0. The van der Waals surface area contributed by atoms with E-state index in [9.17, 15) is 4.79 Å². The van der Waals surface area contributed by atoms with E-state index in [-0.39, 0.29) is 5.78 Å². The van der Waals surface area contributed by atoms with Gasteiger partial charge in [-0.1, -0.05) is 66.4 Å². The molecule has 0 radical (unpaired) electrons. The summed E-state index contributed by atoms with van der Waals surface area (Å²) in [6.45, 7) is 0. The van der Waals surface area contributed by atoms with Gasteiger partial charge < -0.3 is 4.90 Å². The van der Waals surface area contributed by atoms with Crippen molar-refractivity contribution in [3.05, 3.63) is 90.0 Å². The Morgan fingerprint density at radius 3 is 2.44 bits per heavy atom. The normalized spacial score (nSPS) is 12.8. The van der Waals surface area contributed by atoms with Crippen LogP contribution in [0.5, 0.6) is 0 Å². The van der Waals surface area contributed by atoms with Gasteiger partial charge in [0.25, 0.3) is 0 Å². The Balaban J connectivity index is 1.60. The molecule has 0 N–H and O–H groups in total. The minimum atomic E-state index is 0.0217. The summed E-state index contributed by atoms with van der Waals surface area (Å²) in [5.41, 5.74) is 4.15. The van der Waals surface area contributed by atoms with Crippen LogP contribution in [0.2, 0.25) is 0 Å². The van der Waals surface area contributed by atoms with Gasteiger partial charge in [0.1, 0.15) is 0 Å². The topological polar surface area (TPSA) is 20.3 Å². The molecule has 122 valence electrons. The fraction of sp³-hybridized carbons (Fsp3) is 0.0455. The average Bonchev–Trinajstić information content (AvgIpc) is 2.67. The Morgan fingerprint density at radius 1 is 0.880 bits per heavy atom. The van der Waals surface area contributed by atoms with E-state index in [2.05, 4.69) is 54.4 Å². The quantitative estimate of drug-likeness (QED) is 0.442. The number of benzene rings is 3. The second-order valence-electron chi connectivity index (χ2n) is 5.92. The number of hydrogen-bond acceptors (Lipinski definition) is 3. The smallest absolute Gasteiger partial charge is 0.185 e. The van der Waals surface area contributed by atoms with Crippen LogP contribution in [-0.2, 0) is 0 Å². The zero-order chi connectivity index (χ0) is 17.2. The van der Waals surface area contributed by atoms with Gasteiger partial charge in [-0.3, -0.25) is 4.79 Å². The number of ketones is 1. The van der Waals surface area contributed by atoms with E-state index >= 15 is 0 Å². The summed E-state index contributed by atoms with van der Waals surface area (Å²) in [5, 5.41) is 0. The number of para-hydroxylation sites is 1. The molecule has 1 heterocycles. The predicted molar refractivity (Wildman–Crippen MR) is 105 cm³/mol. The van der Waals surface area contributed by atoms with Gasteiger partial charge >= 0.3 is 0 Å². The van der Waals surface area contributed by atoms with Crippen molar-refractivity contribution in [3.63, 3.8) is 0 Å². The van der Waals surface area contributed by atoms with Gasteiger partial charge in [0, 0.05) is 22.4 Å². The third-order valence-electron chi connectivity index (χ3n) is 4.28. The number of nitrogens with zero attached hydrogens (tertiary/aromatic N) is 1. The molecule has 3 heteroatoms. The van der Waals surface area contributed by atoms with Crippen LogP contribution in [0.25, 0.3) is 6.08 Å². The van der Waals surface area contributed by atoms with E-state index in [1.807, 2.05) is 36.4 Å². The van der Waals surface area contributed by atoms with E-state index in [4.69, 9.17) is 0 Å². The molecule has 4 rings (SSSR count). The molecule has 0 amide bonds. The van der Waals surface area contributed by atoms with Crippen LogP contribution in [0, 0.1) is 0 Å². The fourth-order valence-corrected chi connectivity index (χ4v) is 4.13. The summed E-state index contributed by atoms with van der Waals surface area (Å²) in [4.78, 5) is 16.9. The molecule has 0 aromatic heterocycles. The van der Waals surface area contributed by atoms with E-state index in [1.54, 1.807) is 17.8 Å². The van der Waals surface area contributed by atoms with Crippen molar-refractivity contribution in [2.75, 3.05) is 11.9 Å². The van der Waals surface area contributed by atoms with Crippen LogP contribution in [0.4, 0.5) is 11.4 Å². The monoisotopic (exact) mass is 343 g/mol. The number of anilines is 2. The minimum Gasteiger partial charge on any atom is -0.343 e. The van der Waals surface area contributed by atoms with Crippen molar-refractivity contribution in [2.24, 2.45) is 0 Å². The summed E-state index contributed by atoms with van der Waals surface area (Å²) in [7, 11) is 2.09. The lowest BCUT2D eigenvalue weighted by molar-refractivity contribution is 0.104. The molecule has 2 nitrogen and oxygen atoms in total. The Bertz CT molecular complexity index is 963. The third kappa shape index (κ3) is 3.11.